The summed E-state index contributed by atoms with van der Waals surface area (Å²) in [6.07, 6.45) is 0. The maximum atomic E-state index is 2.43. The van der Waals surface area contributed by atoms with Crippen molar-refractivity contribution in [2.24, 2.45) is 0 Å². The van der Waals surface area contributed by atoms with Crippen molar-refractivity contribution in [1.29, 1.82) is 0 Å². The van der Waals surface area contributed by atoms with Crippen LogP contribution in [0.25, 0.3) is 27.5 Å². The summed E-state index contributed by atoms with van der Waals surface area (Å²) in [5, 5.41) is 2.72. The fourth-order valence-corrected chi connectivity index (χ4v) is 4.01. The van der Waals surface area contributed by atoms with Gasteiger partial charge in [0.15, 0.2) is 0 Å². The smallest absolute Gasteiger partial charge is 0.0544 e. The minimum Gasteiger partial charge on any atom is -0.309 e. The third kappa shape index (κ3) is 2.96. The number of aromatic nitrogens is 1. The van der Waals surface area contributed by atoms with Gasteiger partial charge in [-0.1, -0.05) is 84.0 Å². The predicted octanol–water partition coefficient (Wildman–Crippen LogP) is 7.38. The highest BCUT2D eigenvalue weighted by Gasteiger charge is 2.23. The molecule has 0 spiro atoms. The molecule has 1 heterocycles. The van der Waals surface area contributed by atoms with E-state index in [2.05, 4.69) is 113 Å². The molecule has 0 aliphatic heterocycles. The van der Waals surface area contributed by atoms with Crippen LogP contribution >= 0.6 is 0 Å². The molecular formula is C26H29N. The fraction of sp³-hybridized carbons (Fsp3) is 0.308. The minimum absolute atomic E-state index is 0.0952. The predicted molar refractivity (Wildman–Crippen MR) is 118 cm³/mol. The third-order valence-corrected chi connectivity index (χ3v) is 5.48. The summed E-state index contributed by atoms with van der Waals surface area (Å²) in [7, 11) is 0. The number of nitrogens with zero attached hydrogens (tertiary/aromatic N) is 1. The average Bonchev–Trinajstić information content (AvgIpc) is 2.94. The highest BCUT2D eigenvalue weighted by molar-refractivity contribution is 6.11. The number of hydrogen-bond donors (Lipinski definition) is 0. The van der Waals surface area contributed by atoms with Gasteiger partial charge in [-0.15, -0.1) is 0 Å². The van der Waals surface area contributed by atoms with E-state index in [-0.39, 0.29) is 10.8 Å². The zero-order valence-corrected chi connectivity index (χ0v) is 17.3. The summed E-state index contributed by atoms with van der Waals surface area (Å²) in [4.78, 5) is 0. The van der Waals surface area contributed by atoms with Crippen LogP contribution in [0.4, 0.5) is 0 Å². The van der Waals surface area contributed by atoms with Crippen LogP contribution in [0, 0.1) is 0 Å². The van der Waals surface area contributed by atoms with Crippen molar-refractivity contribution in [2.75, 3.05) is 0 Å². The van der Waals surface area contributed by atoms with Crippen molar-refractivity contribution in [3.05, 3.63) is 77.9 Å². The number of rotatable bonds is 1. The van der Waals surface area contributed by atoms with Gasteiger partial charge in [0, 0.05) is 16.5 Å². The molecule has 3 aromatic carbocycles. The molecule has 0 radical (unpaired) electrons. The Morgan fingerprint density at radius 2 is 1.33 bits per heavy atom. The van der Waals surface area contributed by atoms with Gasteiger partial charge >= 0.3 is 0 Å². The van der Waals surface area contributed by atoms with Gasteiger partial charge in [-0.2, -0.15) is 0 Å². The molecule has 0 saturated carbocycles. The van der Waals surface area contributed by atoms with Gasteiger partial charge in [0.05, 0.1) is 11.0 Å². The summed E-state index contributed by atoms with van der Waals surface area (Å²) in [5.41, 5.74) is 6.79. The first-order valence-electron chi connectivity index (χ1n) is 9.81. The lowest BCUT2D eigenvalue weighted by atomic mass is 9.83. The average molecular weight is 356 g/mol. The number of para-hydroxylation sites is 1. The Labute approximate surface area is 162 Å². The first-order chi connectivity index (χ1) is 12.7. The Bertz CT molecular complexity index is 1120. The normalized spacial score (nSPS) is 12.8. The van der Waals surface area contributed by atoms with E-state index >= 15 is 0 Å². The molecule has 0 amide bonds. The van der Waals surface area contributed by atoms with E-state index in [1.165, 1.54) is 38.6 Å². The van der Waals surface area contributed by atoms with E-state index in [1.807, 2.05) is 0 Å². The summed E-state index contributed by atoms with van der Waals surface area (Å²) in [6, 6.07) is 24.5. The summed E-state index contributed by atoms with van der Waals surface area (Å²) < 4.78 is 2.43. The van der Waals surface area contributed by atoms with Crippen LogP contribution in [0.5, 0.6) is 0 Å². The van der Waals surface area contributed by atoms with Crippen molar-refractivity contribution in [1.82, 2.24) is 4.57 Å². The Balaban J connectivity index is 2.21. The van der Waals surface area contributed by atoms with E-state index in [4.69, 9.17) is 0 Å². The monoisotopic (exact) mass is 355 g/mol. The van der Waals surface area contributed by atoms with Gasteiger partial charge in [0.1, 0.15) is 0 Å². The molecule has 4 rings (SSSR count). The quantitative estimate of drug-likeness (QED) is 0.336. The molecule has 1 nitrogen and oxygen atoms in total. The summed E-state index contributed by atoms with van der Waals surface area (Å²) >= 11 is 0. The first kappa shape index (κ1) is 17.9. The SMILES string of the molecule is CC(C)(C)c1ccc2c3c(C(C)(C)C)cccc3n(-c3ccccc3)c2c1. The molecule has 0 unspecified atom stereocenters. The van der Waals surface area contributed by atoms with Gasteiger partial charge < -0.3 is 4.57 Å². The van der Waals surface area contributed by atoms with Gasteiger partial charge in [-0.3, -0.25) is 0 Å². The molecule has 0 atom stereocenters. The fourth-order valence-electron chi connectivity index (χ4n) is 4.01. The molecule has 138 valence electrons. The molecule has 27 heavy (non-hydrogen) atoms. The Hall–Kier alpha value is -2.54. The first-order valence-corrected chi connectivity index (χ1v) is 9.81. The summed E-state index contributed by atoms with van der Waals surface area (Å²) in [5.74, 6) is 0. The lowest BCUT2D eigenvalue weighted by molar-refractivity contribution is 0.591. The topological polar surface area (TPSA) is 4.93 Å². The molecule has 0 aliphatic carbocycles. The van der Waals surface area contributed by atoms with Crippen LogP contribution in [0.3, 0.4) is 0 Å². The zero-order valence-electron chi connectivity index (χ0n) is 17.3. The number of fused-ring (bicyclic) bond motifs is 3. The zero-order chi connectivity index (χ0) is 19.4. The van der Waals surface area contributed by atoms with Gasteiger partial charge in [0.2, 0.25) is 0 Å². The molecule has 0 N–H and O–H groups in total. The lowest BCUT2D eigenvalue weighted by Gasteiger charge is -2.21. The number of hydrogen-bond acceptors (Lipinski definition) is 0. The largest absolute Gasteiger partial charge is 0.309 e. The molecule has 0 saturated heterocycles. The van der Waals surface area contributed by atoms with Crippen molar-refractivity contribution < 1.29 is 0 Å². The minimum atomic E-state index is 0.0952. The Kier molecular flexibility index (Phi) is 3.96. The van der Waals surface area contributed by atoms with Crippen LogP contribution < -0.4 is 0 Å². The molecule has 1 heteroatoms. The highest BCUT2D eigenvalue weighted by Crippen LogP contribution is 2.40. The van der Waals surface area contributed by atoms with Crippen LogP contribution in [-0.4, -0.2) is 4.57 Å². The summed E-state index contributed by atoms with van der Waals surface area (Å²) in [6.45, 7) is 13.8. The lowest BCUT2D eigenvalue weighted by Crippen LogP contribution is -2.11. The van der Waals surface area contributed by atoms with Crippen molar-refractivity contribution in [2.45, 2.75) is 52.4 Å². The van der Waals surface area contributed by atoms with Gasteiger partial charge in [0.25, 0.3) is 0 Å². The van der Waals surface area contributed by atoms with Crippen LogP contribution in [0.15, 0.2) is 66.7 Å². The third-order valence-electron chi connectivity index (χ3n) is 5.48. The second-order valence-corrected chi connectivity index (χ2v) is 9.60. The maximum absolute atomic E-state index is 2.43. The maximum Gasteiger partial charge on any atom is 0.0544 e. The standard InChI is InChI=1S/C26H29N/c1-25(2,3)18-15-16-20-23(17-18)27(19-11-8-7-9-12-19)22-14-10-13-21(24(20)22)26(4,5)6/h7-17H,1-6H3. The van der Waals surface area contributed by atoms with Crippen LogP contribution in [0.1, 0.15) is 52.7 Å². The molecule has 1 aromatic heterocycles. The molecule has 4 aromatic rings. The molecule has 0 bridgehead atoms. The van der Waals surface area contributed by atoms with Crippen molar-refractivity contribution >= 4 is 21.8 Å². The van der Waals surface area contributed by atoms with E-state index in [9.17, 15) is 0 Å². The van der Waals surface area contributed by atoms with Gasteiger partial charge in [-0.05, 0) is 46.2 Å². The molecular weight excluding hydrogens is 326 g/mol. The van der Waals surface area contributed by atoms with E-state index in [0.717, 1.165) is 0 Å². The second kappa shape index (κ2) is 5.99. The van der Waals surface area contributed by atoms with Gasteiger partial charge in [-0.25, -0.2) is 0 Å². The Morgan fingerprint density at radius 3 is 1.96 bits per heavy atom. The van der Waals surface area contributed by atoms with E-state index in [0.29, 0.717) is 0 Å². The van der Waals surface area contributed by atoms with E-state index < -0.39 is 0 Å². The van der Waals surface area contributed by atoms with Crippen LogP contribution in [-0.2, 0) is 10.8 Å². The molecule has 0 aliphatic rings. The molecule has 0 fully saturated rings. The number of benzene rings is 3. The Morgan fingerprint density at radius 1 is 0.630 bits per heavy atom. The van der Waals surface area contributed by atoms with Crippen molar-refractivity contribution in [3.8, 4) is 5.69 Å². The second-order valence-electron chi connectivity index (χ2n) is 9.60. The highest BCUT2D eigenvalue weighted by atomic mass is 15.0. The van der Waals surface area contributed by atoms with Crippen molar-refractivity contribution in [3.63, 3.8) is 0 Å². The van der Waals surface area contributed by atoms with Crippen LogP contribution in [0.2, 0.25) is 0 Å². The van der Waals surface area contributed by atoms with E-state index in [1.54, 1.807) is 0 Å².